The van der Waals surface area contributed by atoms with Gasteiger partial charge in [-0.15, -0.1) is 11.3 Å². The predicted octanol–water partition coefficient (Wildman–Crippen LogP) is 3.64. The lowest BCUT2D eigenvalue weighted by atomic mass is 10.1. The van der Waals surface area contributed by atoms with Gasteiger partial charge >= 0.3 is 0 Å². The number of thiophene rings is 1. The van der Waals surface area contributed by atoms with Gasteiger partial charge in [0.25, 0.3) is 0 Å². The number of nitrogen functional groups attached to an aromatic ring is 1. The van der Waals surface area contributed by atoms with Crippen LogP contribution < -0.4 is 11.1 Å². The monoisotopic (exact) mass is 298 g/mol. The van der Waals surface area contributed by atoms with Gasteiger partial charge in [0.1, 0.15) is 0 Å². The molecule has 1 heterocycles. The van der Waals surface area contributed by atoms with Gasteiger partial charge in [-0.05, 0) is 18.4 Å². The smallest absolute Gasteiger partial charge is 0.177 e. The van der Waals surface area contributed by atoms with Gasteiger partial charge < -0.3 is 15.8 Å². The highest BCUT2D eigenvalue weighted by Crippen LogP contribution is 2.31. The molecule has 1 aromatic rings. The van der Waals surface area contributed by atoms with Crippen LogP contribution in [-0.4, -0.2) is 25.5 Å². The molecule has 3 N–H and O–H groups in total. The first-order valence-electron chi connectivity index (χ1n) is 7.17. The summed E-state index contributed by atoms with van der Waals surface area (Å²) < 4.78 is 5.52. The molecule has 0 bridgehead atoms. The van der Waals surface area contributed by atoms with Crippen molar-refractivity contribution in [3.63, 3.8) is 0 Å². The quantitative estimate of drug-likeness (QED) is 0.539. The number of hydrogen-bond acceptors (Lipinski definition) is 5. The van der Waals surface area contributed by atoms with E-state index in [1.54, 1.807) is 0 Å². The van der Waals surface area contributed by atoms with Crippen molar-refractivity contribution in [3.8, 4) is 0 Å². The van der Waals surface area contributed by atoms with Crippen molar-refractivity contribution in [2.45, 2.75) is 34.1 Å². The highest BCUT2D eigenvalue weighted by Gasteiger charge is 2.17. The van der Waals surface area contributed by atoms with Gasteiger partial charge in [0, 0.05) is 25.7 Å². The Kier molecular flexibility index (Phi) is 7.02. The molecule has 0 saturated carbocycles. The Balaban J connectivity index is 2.35. The second-order valence-electron chi connectivity index (χ2n) is 5.66. The molecule has 0 unspecified atom stereocenters. The molecule has 20 heavy (non-hydrogen) atoms. The minimum absolute atomic E-state index is 0.0202. The van der Waals surface area contributed by atoms with Crippen LogP contribution in [0.5, 0.6) is 0 Å². The van der Waals surface area contributed by atoms with Gasteiger partial charge in [-0.2, -0.15) is 0 Å². The molecular weight excluding hydrogens is 272 g/mol. The van der Waals surface area contributed by atoms with E-state index in [9.17, 15) is 4.79 Å². The molecule has 5 heteroatoms. The van der Waals surface area contributed by atoms with Gasteiger partial charge in [-0.1, -0.05) is 27.7 Å². The Morgan fingerprint density at radius 1 is 1.40 bits per heavy atom. The fourth-order valence-corrected chi connectivity index (χ4v) is 2.74. The van der Waals surface area contributed by atoms with E-state index in [1.165, 1.54) is 11.3 Å². The zero-order valence-electron chi connectivity index (χ0n) is 12.9. The predicted molar refractivity (Wildman–Crippen MR) is 86.7 cm³/mol. The molecule has 0 aliphatic rings. The summed E-state index contributed by atoms with van der Waals surface area (Å²) in [5.41, 5.74) is 6.47. The number of carbonyl (C=O) groups excluding carboxylic acids is 1. The number of Topliss-reactive ketones (excluding diaryl/α,β-unsaturated/α-hetero) is 1. The molecule has 0 saturated heterocycles. The van der Waals surface area contributed by atoms with Crippen LogP contribution in [0.1, 0.15) is 43.8 Å². The Bertz CT molecular complexity index is 428. The average Bonchev–Trinajstić information content (AvgIpc) is 2.73. The van der Waals surface area contributed by atoms with Crippen molar-refractivity contribution < 1.29 is 9.53 Å². The number of nitrogens with two attached hydrogens (primary N) is 1. The molecule has 0 radical (unpaired) electrons. The minimum Gasteiger partial charge on any atom is -0.397 e. The maximum absolute atomic E-state index is 11.9. The van der Waals surface area contributed by atoms with Crippen LogP contribution in [0.4, 0.5) is 10.7 Å². The number of anilines is 2. The number of rotatable bonds is 9. The lowest BCUT2D eigenvalue weighted by Crippen LogP contribution is -2.08. The Labute approximate surface area is 125 Å². The molecule has 4 nitrogen and oxygen atoms in total. The molecule has 0 aliphatic heterocycles. The molecule has 0 amide bonds. The van der Waals surface area contributed by atoms with Crippen molar-refractivity contribution in [2.24, 2.45) is 11.8 Å². The highest BCUT2D eigenvalue weighted by molar-refractivity contribution is 7.18. The van der Waals surface area contributed by atoms with Crippen LogP contribution in [-0.2, 0) is 4.74 Å². The number of hydrogen-bond donors (Lipinski definition) is 2. The van der Waals surface area contributed by atoms with E-state index in [-0.39, 0.29) is 11.7 Å². The summed E-state index contributed by atoms with van der Waals surface area (Å²) >= 11 is 1.44. The molecule has 0 aromatic carbocycles. The van der Waals surface area contributed by atoms with Crippen LogP contribution >= 0.6 is 11.3 Å². The SMILES string of the molecule is CC(C)COCCCNc1cc(N)c(C(=O)C(C)C)s1. The van der Waals surface area contributed by atoms with E-state index < -0.39 is 0 Å². The molecule has 0 spiro atoms. The van der Waals surface area contributed by atoms with Crippen LogP contribution in [0.2, 0.25) is 0 Å². The Hall–Kier alpha value is -1.07. The summed E-state index contributed by atoms with van der Waals surface area (Å²) in [6.07, 6.45) is 0.942. The van der Waals surface area contributed by atoms with Crippen LogP contribution in [0.25, 0.3) is 0 Å². The zero-order chi connectivity index (χ0) is 15.1. The molecule has 0 atom stereocenters. The average molecular weight is 298 g/mol. The fraction of sp³-hybridized carbons (Fsp3) is 0.667. The molecule has 114 valence electrons. The Morgan fingerprint density at radius 3 is 2.70 bits per heavy atom. The van der Waals surface area contributed by atoms with Crippen molar-refractivity contribution in [2.75, 3.05) is 30.8 Å². The van der Waals surface area contributed by atoms with Gasteiger partial charge in [0.2, 0.25) is 0 Å². The first kappa shape index (κ1) is 17.0. The van der Waals surface area contributed by atoms with E-state index in [1.807, 2.05) is 19.9 Å². The topological polar surface area (TPSA) is 64.3 Å². The number of ether oxygens (including phenoxy) is 1. The second kappa shape index (κ2) is 8.27. The molecule has 0 aliphatic carbocycles. The lowest BCUT2D eigenvalue weighted by Gasteiger charge is -2.07. The van der Waals surface area contributed by atoms with E-state index in [0.717, 1.165) is 31.2 Å². The number of nitrogens with one attached hydrogen (secondary N) is 1. The van der Waals surface area contributed by atoms with Crippen molar-refractivity contribution >= 4 is 27.8 Å². The van der Waals surface area contributed by atoms with E-state index in [0.29, 0.717) is 16.5 Å². The highest BCUT2D eigenvalue weighted by atomic mass is 32.1. The van der Waals surface area contributed by atoms with Crippen LogP contribution in [0.3, 0.4) is 0 Å². The third-order valence-corrected chi connectivity index (χ3v) is 3.85. The van der Waals surface area contributed by atoms with Crippen LogP contribution in [0, 0.1) is 11.8 Å². The third-order valence-electron chi connectivity index (χ3n) is 2.72. The second-order valence-corrected chi connectivity index (χ2v) is 6.72. The largest absolute Gasteiger partial charge is 0.397 e. The fourth-order valence-electron chi connectivity index (χ4n) is 1.65. The molecule has 1 aromatic heterocycles. The summed E-state index contributed by atoms with van der Waals surface area (Å²) in [5.74, 6) is 0.665. The van der Waals surface area contributed by atoms with E-state index in [2.05, 4.69) is 19.2 Å². The van der Waals surface area contributed by atoms with E-state index >= 15 is 0 Å². The minimum atomic E-state index is -0.0202. The first-order valence-corrected chi connectivity index (χ1v) is 7.98. The summed E-state index contributed by atoms with van der Waals surface area (Å²) in [6.45, 7) is 10.4. The Morgan fingerprint density at radius 2 is 2.10 bits per heavy atom. The van der Waals surface area contributed by atoms with Gasteiger partial charge in [0.15, 0.2) is 5.78 Å². The van der Waals surface area contributed by atoms with Crippen molar-refractivity contribution in [3.05, 3.63) is 10.9 Å². The van der Waals surface area contributed by atoms with Gasteiger partial charge in [-0.25, -0.2) is 0 Å². The lowest BCUT2D eigenvalue weighted by molar-refractivity contribution is 0.0944. The maximum atomic E-state index is 11.9. The summed E-state index contributed by atoms with van der Waals surface area (Å²) in [5, 5.41) is 4.25. The van der Waals surface area contributed by atoms with E-state index in [4.69, 9.17) is 10.5 Å². The van der Waals surface area contributed by atoms with Gasteiger partial charge in [0.05, 0.1) is 15.6 Å². The van der Waals surface area contributed by atoms with Crippen molar-refractivity contribution in [1.82, 2.24) is 0 Å². The molecular formula is C15H26N2O2S. The standard InChI is InChI=1S/C15H26N2O2S/c1-10(2)9-19-7-5-6-17-13-8-12(16)15(20-13)14(18)11(3)4/h8,10-11,17H,5-7,9,16H2,1-4H3. The molecule has 0 fully saturated rings. The number of ketones is 1. The summed E-state index contributed by atoms with van der Waals surface area (Å²) in [7, 11) is 0. The van der Waals surface area contributed by atoms with Crippen LogP contribution in [0.15, 0.2) is 6.07 Å². The molecule has 1 rings (SSSR count). The number of carbonyl (C=O) groups is 1. The van der Waals surface area contributed by atoms with Crippen molar-refractivity contribution in [1.29, 1.82) is 0 Å². The zero-order valence-corrected chi connectivity index (χ0v) is 13.7. The maximum Gasteiger partial charge on any atom is 0.177 e. The normalized spacial score (nSPS) is 11.3. The first-order chi connectivity index (χ1) is 9.41. The summed E-state index contributed by atoms with van der Waals surface area (Å²) in [6, 6.07) is 1.84. The summed E-state index contributed by atoms with van der Waals surface area (Å²) in [4.78, 5) is 12.6. The third kappa shape index (κ3) is 5.51. The van der Waals surface area contributed by atoms with Gasteiger partial charge in [-0.3, -0.25) is 4.79 Å².